The minimum Gasteiger partial charge on any atom is -0.349 e. The second-order valence-corrected chi connectivity index (χ2v) is 5.93. The lowest BCUT2D eigenvalue weighted by atomic mass is 10.1. The maximum absolute atomic E-state index is 6.54. The van der Waals surface area contributed by atoms with E-state index in [1.54, 1.807) is 36.9 Å². The van der Waals surface area contributed by atoms with Crippen LogP contribution in [0.3, 0.4) is 0 Å². The van der Waals surface area contributed by atoms with E-state index in [1.165, 1.54) is 0 Å². The van der Waals surface area contributed by atoms with Crippen molar-refractivity contribution in [3.8, 4) is 0 Å². The Morgan fingerprint density at radius 2 is 0.852 bits per heavy atom. The van der Waals surface area contributed by atoms with Crippen molar-refractivity contribution in [2.45, 2.75) is 12.2 Å². The molecule has 5 heteroatoms. The van der Waals surface area contributed by atoms with E-state index in [0.717, 1.165) is 11.1 Å². The van der Waals surface area contributed by atoms with E-state index in [4.69, 9.17) is 4.74 Å². The van der Waals surface area contributed by atoms with E-state index in [-0.39, 0.29) is 0 Å². The predicted molar refractivity (Wildman–Crippen MR) is 102 cm³/mol. The molecule has 0 saturated heterocycles. The normalized spacial score (nSPS) is 13.0. The summed E-state index contributed by atoms with van der Waals surface area (Å²) >= 11 is 0. The summed E-state index contributed by atoms with van der Waals surface area (Å²) in [5.74, 6) is 1.20. The zero-order valence-electron chi connectivity index (χ0n) is 14.6. The van der Waals surface area contributed by atoms with E-state index in [2.05, 4.69) is 19.9 Å². The first-order valence-electron chi connectivity index (χ1n) is 8.71. The molecule has 2 aromatic carbocycles. The largest absolute Gasteiger partial charge is 0.349 e. The molecule has 0 fully saturated rings. The fourth-order valence-electron chi connectivity index (χ4n) is 2.86. The topological polar surface area (TPSA) is 60.8 Å². The molecular formula is C22H18N4O. The second-order valence-electron chi connectivity index (χ2n) is 5.93. The highest BCUT2D eigenvalue weighted by Gasteiger charge is 2.26. The molecule has 4 rings (SSSR count). The maximum atomic E-state index is 6.54. The fraction of sp³-hybridized carbons (Fsp3) is 0.0909. The number of aromatic nitrogens is 4. The van der Waals surface area contributed by atoms with E-state index < -0.39 is 12.2 Å². The van der Waals surface area contributed by atoms with Crippen molar-refractivity contribution in [3.63, 3.8) is 0 Å². The van der Waals surface area contributed by atoms with Gasteiger partial charge in [0.2, 0.25) is 0 Å². The van der Waals surface area contributed by atoms with Crippen molar-refractivity contribution >= 4 is 0 Å². The van der Waals surface area contributed by atoms with Gasteiger partial charge in [-0.1, -0.05) is 60.7 Å². The van der Waals surface area contributed by atoms with E-state index >= 15 is 0 Å². The van der Waals surface area contributed by atoms with Gasteiger partial charge in [0.1, 0.15) is 12.2 Å². The monoisotopic (exact) mass is 354 g/mol. The predicted octanol–water partition coefficient (Wildman–Crippen LogP) is 4.16. The van der Waals surface area contributed by atoms with Crippen LogP contribution in [0.1, 0.15) is 35.0 Å². The van der Waals surface area contributed by atoms with Crippen LogP contribution in [0, 0.1) is 0 Å². The molecule has 0 amide bonds. The van der Waals surface area contributed by atoms with Gasteiger partial charge in [-0.25, -0.2) is 19.9 Å². The van der Waals surface area contributed by atoms with Crippen molar-refractivity contribution in [2.75, 3.05) is 0 Å². The highest BCUT2D eigenvalue weighted by atomic mass is 16.5. The third-order valence-electron chi connectivity index (χ3n) is 4.12. The summed E-state index contributed by atoms with van der Waals surface area (Å²) in [4.78, 5) is 17.7. The van der Waals surface area contributed by atoms with Gasteiger partial charge in [-0.3, -0.25) is 0 Å². The first-order chi connectivity index (χ1) is 13.4. The van der Waals surface area contributed by atoms with Gasteiger partial charge < -0.3 is 4.74 Å². The Hall–Kier alpha value is -3.44. The van der Waals surface area contributed by atoms with Crippen LogP contribution in [0.5, 0.6) is 0 Å². The summed E-state index contributed by atoms with van der Waals surface area (Å²) < 4.78 is 6.54. The van der Waals surface area contributed by atoms with Gasteiger partial charge in [0.05, 0.1) is 0 Å². The lowest BCUT2D eigenvalue weighted by Crippen LogP contribution is -2.17. The molecule has 2 atom stereocenters. The number of nitrogens with zero attached hydrogens (tertiary/aromatic N) is 4. The molecule has 2 unspecified atom stereocenters. The van der Waals surface area contributed by atoms with Gasteiger partial charge in [-0.05, 0) is 23.3 Å². The smallest absolute Gasteiger partial charge is 0.161 e. The molecule has 132 valence electrons. The maximum Gasteiger partial charge on any atom is 0.161 e. The Balaban J connectivity index is 1.77. The van der Waals surface area contributed by atoms with E-state index in [0.29, 0.717) is 11.6 Å². The molecule has 0 spiro atoms. The Kier molecular flexibility index (Phi) is 5.22. The number of ether oxygens (including phenoxy) is 1. The molecule has 0 bridgehead atoms. The van der Waals surface area contributed by atoms with Gasteiger partial charge in [0, 0.05) is 24.8 Å². The highest BCUT2D eigenvalue weighted by molar-refractivity contribution is 5.26. The molecule has 0 aliphatic heterocycles. The van der Waals surface area contributed by atoms with Gasteiger partial charge in [0.25, 0.3) is 0 Å². The van der Waals surface area contributed by atoms with Crippen LogP contribution in [0.2, 0.25) is 0 Å². The van der Waals surface area contributed by atoms with Crippen molar-refractivity contribution in [1.29, 1.82) is 0 Å². The summed E-state index contributed by atoms with van der Waals surface area (Å²) in [6.45, 7) is 0. The molecular weight excluding hydrogens is 336 g/mol. The molecule has 0 aliphatic rings. The van der Waals surface area contributed by atoms with Crippen molar-refractivity contribution in [1.82, 2.24) is 19.9 Å². The zero-order chi connectivity index (χ0) is 18.3. The lowest BCUT2D eigenvalue weighted by molar-refractivity contribution is 0.0211. The summed E-state index contributed by atoms with van der Waals surface area (Å²) in [6.07, 6.45) is 6.00. The molecule has 2 heterocycles. The molecule has 0 aliphatic carbocycles. The van der Waals surface area contributed by atoms with E-state index in [9.17, 15) is 0 Å². The third-order valence-corrected chi connectivity index (χ3v) is 4.12. The Labute approximate surface area is 157 Å². The van der Waals surface area contributed by atoms with Gasteiger partial charge in [-0.2, -0.15) is 0 Å². The molecule has 4 aromatic rings. The van der Waals surface area contributed by atoms with Gasteiger partial charge >= 0.3 is 0 Å². The first-order valence-corrected chi connectivity index (χ1v) is 8.71. The second kappa shape index (κ2) is 8.29. The van der Waals surface area contributed by atoms with Crippen LogP contribution >= 0.6 is 0 Å². The van der Waals surface area contributed by atoms with Gasteiger partial charge in [0.15, 0.2) is 11.6 Å². The van der Waals surface area contributed by atoms with Crippen molar-refractivity contribution < 1.29 is 4.74 Å². The fourth-order valence-corrected chi connectivity index (χ4v) is 2.86. The van der Waals surface area contributed by atoms with Crippen molar-refractivity contribution in [3.05, 3.63) is 120 Å². The van der Waals surface area contributed by atoms with Crippen LogP contribution in [-0.4, -0.2) is 19.9 Å². The molecule has 2 aromatic heterocycles. The number of rotatable bonds is 6. The number of hydrogen-bond acceptors (Lipinski definition) is 5. The number of benzene rings is 2. The standard InChI is InChI=1S/C22H18N4O/c1-3-9-17(10-4-1)19(21-23-13-7-14-24-21)27-20(18-11-5-2-6-12-18)22-25-15-8-16-26-22/h1-16,19-20H. The van der Waals surface area contributed by atoms with Crippen LogP contribution < -0.4 is 0 Å². The van der Waals surface area contributed by atoms with E-state index in [1.807, 2.05) is 60.7 Å². The zero-order valence-corrected chi connectivity index (χ0v) is 14.6. The average molecular weight is 354 g/mol. The summed E-state index contributed by atoms with van der Waals surface area (Å²) in [6, 6.07) is 23.5. The Morgan fingerprint density at radius 3 is 1.22 bits per heavy atom. The van der Waals surface area contributed by atoms with Crippen molar-refractivity contribution in [2.24, 2.45) is 0 Å². The number of hydrogen-bond donors (Lipinski definition) is 0. The lowest BCUT2D eigenvalue weighted by Gasteiger charge is -2.24. The van der Waals surface area contributed by atoms with Crippen LogP contribution in [0.15, 0.2) is 97.6 Å². The molecule has 0 radical (unpaired) electrons. The first kappa shape index (κ1) is 17.0. The molecule has 27 heavy (non-hydrogen) atoms. The quantitative estimate of drug-likeness (QED) is 0.520. The SMILES string of the molecule is c1ccc(C(OC(c2ccccc2)c2ncccn2)c2ncccn2)cc1. The molecule has 5 nitrogen and oxygen atoms in total. The van der Waals surface area contributed by atoms with Gasteiger partial charge in [-0.15, -0.1) is 0 Å². The summed E-state index contributed by atoms with van der Waals surface area (Å²) in [7, 11) is 0. The van der Waals surface area contributed by atoms with Crippen LogP contribution in [0.25, 0.3) is 0 Å². The summed E-state index contributed by atoms with van der Waals surface area (Å²) in [5, 5.41) is 0. The minimum absolute atomic E-state index is 0.443. The van der Waals surface area contributed by atoms with Crippen LogP contribution in [-0.2, 0) is 4.74 Å². The van der Waals surface area contributed by atoms with Crippen LogP contribution in [0.4, 0.5) is 0 Å². The highest BCUT2D eigenvalue weighted by Crippen LogP contribution is 2.32. The minimum atomic E-state index is -0.443. The Bertz CT molecular complexity index is 790. The molecule has 0 N–H and O–H groups in total. The third kappa shape index (κ3) is 4.04. The molecule has 0 saturated carbocycles. The Morgan fingerprint density at radius 1 is 0.481 bits per heavy atom. The summed E-state index contributed by atoms with van der Waals surface area (Å²) in [5.41, 5.74) is 1.95. The average Bonchev–Trinajstić information content (AvgIpc) is 2.77.